The number of hydrogen-bond acceptors (Lipinski definition) is 1. The Morgan fingerprint density at radius 2 is 2.33 bits per heavy atom. The zero-order chi connectivity index (χ0) is 7.28. The molecule has 0 aliphatic carbocycles. The van der Waals surface area contributed by atoms with Crippen molar-refractivity contribution in [3.05, 3.63) is 24.8 Å². The highest BCUT2D eigenvalue weighted by atomic mass is 14.5. The first-order valence-electron chi connectivity index (χ1n) is 3.21. The molecule has 2 N–H and O–H groups in total. The van der Waals surface area contributed by atoms with Crippen molar-refractivity contribution in [3.8, 4) is 0 Å². The first-order valence-corrected chi connectivity index (χ1v) is 3.21. The van der Waals surface area contributed by atoms with Gasteiger partial charge in [0.1, 0.15) is 0 Å². The lowest BCUT2D eigenvalue weighted by Gasteiger charge is -2.06. The van der Waals surface area contributed by atoms with Crippen molar-refractivity contribution in [1.82, 2.24) is 0 Å². The van der Waals surface area contributed by atoms with Crippen molar-refractivity contribution in [2.45, 2.75) is 13.3 Å². The van der Waals surface area contributed by atoms with Crippen LogP contribution in [0.3, 0.4) is 0 Å². The van der Waals surface area contributed by atoms with E-state index in [1.54, 1.807) is 6.08 Å². The van der Waals surface area contributed by atoms with E-state index in [-0.39, 0.29) is 0 Å². The molecule has 0 spiro atoms. The SMILES string of the molecule is C=CC(=C)CC(C)CN. The summed E-state index contributed by atoms with van der Waals surface area (Å²) in [5.41, 5.74) is 6.48. The molecule has 0 heterocycles. The fourth-order valence-corrected chi connectivity index (χ4v) is 0.614. The van der Waals surface area contributed by atoms with E-state index in [0.717, 1.165) is 18.5 Å². The van der Waals surface area contributed by atoms with Crippen LogP contribution >= 0.6 is 0 Å². The third kappa shape index (κ3) is 3.98. The van der Waals surface area contributed by atoms with Gasteiger partial charge in [-0.1, -0.05) is 31.7 Å². The smallest absolute Gasteiger partial charge is 0.00483 e. The summed E-state index contributed by atoms with van der Waals surface area (Å²) in [6, 6.07) is 0. The Balaban J connectivity index is 3.46. The van der Waals surface area contributed by atoms with Crippen molar-refractivity contribution in [2.24, 2.45) is 11.7 Å². The Morgan fingerprint density at radius 3 is 2.67 bits per heavy atom. The van der Waals surface area contributed by atoms with E-state index < -0.39 is 0 Å². The van der Waals surface area contributed by atoms with E-state index in [2.05, 4.69) is 20.1 Å². The molecule has 0 aromatic rings. The van der Waals surface area contributed by atoms with E-state index >= 15 is 0 Å². The number of hydrogen-bond donors (Lipinski definition) is 1. The van der Waals surface area contributed by atoms with Crippen molar-refractivity contribution in [1.29, 1.82) is 0 Å². The van der Waals surface area contributed by atoms with Crippen LogP contribution in [0.25, 0.3) is 0 Å². The summed E-state index contributed by atoms with van der Waals surface area (Å²) in [7, 11) is 0. The maximum absolute atomic E-state index is 5.40. The van der Waals surface area contributed by atoms with Gasteiger partial charge < -0.3 is 5.73 Å². The maximum Gasteiger partial charge on any atom is -0.00483 e. The Morgan fingerprint density at radius 1 is 1.78 bits per heavy atom. The van der Waals surface area contributed by atoms with Crippen molar-refractivity contribution in [2.75, 3.05) is 6.54 Å². The second-order valence-corrected chi connectivity index (χ2v) is 2.41. The molecule has 1 nitrogen and oxygen atoms in total. The van der Waals surface area contributed by atoms with Gasteiger partial charge in [-0.25, -0.2) is 0 Å². The predicted molar refractivity (Wildman–Crippen MR) is 42.2 cm³/mol. The van der Waals surface area contributed by atoms with Gasteiger partial charge in [-0.05, 0) is 18.9 Å². The van der Waals surface area contributed by atoms with Gasteiger partial charge in [0.2, 0.25) is 0 Å². The second kappa shape index (κ2) is 4.33. The fraction of sp³-hybridized carbons (Fsp3) is 0.500. The molecule has 52 valence electrons. The van der Waals surface area contributed by atoms with Gasteiger partial charge in [0.05, 0.1) is 0 Å². The lowest BCUT2D eigenvalue weighted by atomic mass is 10.0. The first-order chi connectivity index (χ1) is 4.20. The van der Waals surface area contributed by atoms with Crippen LogP contribution in [0.4, 0.5) is 0 Å². The molecule has 0 aliphatic heterocycles. The molecule has 1 unspecified atom stereocenters. The Bertz CT molecular complexity index is 105. The molecule has 1 atom stereocenters. The zero-order valence-electron chi connectivity index (χ0n) is 6.06. The molecule has 0 aromatic heterocycles. The fourth-order valence-electron chi connectivity index (χ4n) is 0.614. The highest BCUT2D eigenvalue weighted by Crippen LogP contribution is 2.07. The van der Waals surface area contributed by atoms with Crippen LogP contribution in [0.2, 0.25) is 0 Å². The summed E-state index contributed by atoms with van der Waals surface area (Å²) in [5, 5.41) is 0. The summed E-state index contributed by atoms with van der Waals surface area (Å²) in [4.78, 5) is 0. The standard InChI is InChI=1S/C8H15N/c1-4-7(2)5-8(3)6-9/h4,8H,1-2,5-6,9H2,3H3. The molecule has 0 rings (SSSR count). The molecule has 1 heteroatoms. The van der Waals surface area contributed by atoms with Crippen molar-refractivity contribution < 1.29 is 0 Å². The molecule has 0 fully saturated rings. The van der Waals surface area contributed by atoms with E-state index in [1.807, 2.05) is 0 Å². The average molecular weight is 125 g/mol. The number of nitrogens with two attached hydrogens (primary N) is 1. The van der Waals surface area contributed by atoms with E-state index in [0.29, 0.717) is 5.92 Å². The molecule has 0 aromatic carbocycles. The number of allylic oxidation sites excluding steroid dienone is 2. The van der Waals surface area contributed by atoms with Crippen LogP contribution in [-0.4, -0.2) is 6.54 Å². The molecule has 0 bridgehead atoms. The van der Waals surface area contributed by atoms with Gasteiger partial charge in [0, 0.05) is 0 Å². The Labute approximate surface area is 57.3 Å². The van der Waals surface area contributed by atoms with Gasteiger partial charge in [-0.3, -0.25) is 0 Å². The van der Waals surface area contributed by atoms with Gasteiger partial charge in [0.25, 0.3) is 0 Å². The molecule has 0 aliphatic rings. The minimum Gasteiger partial charge on any atom is -0.330 e. The van der Waals surface area contributed by atoms with E-state index in [9.17, 15) is 0 Å². The van der Waals surface area contributed by atoms with E-state index in [4.69, 9.17) is 5.73 Å². The maximum atomic E-state index is 5.40. The third-order valence-corrected chi connectivity index (χ3v) is 1.30. The lowest BCUT2D eigenvalue weighted by Crippen LogP contribution is -2.10. The first kappa shape index (κ1) is 8.44. The average Bonchev–Trinajstić information content (AvgIpc) is 1.87. The van der Waals surface area contributed by atoms with Crippen molar-refractivity contribution in [3.63, 3.8) is 0 Å². The third-order valence-electron chi connectivity index (χ3n) is 1.30. The van der Waals surface area contributed by atoms with Crippen LogP contribution in [0.5, 0.6) is 0 Å². The van der Waals surface area contributed by atoms with Crippen LogP contribution in [0.15, 0.2) is 24.8 Å². The molecule has 0 radical (unpaired) electrons. The minimum absolute atomic E-state index is 0.537. The van der Waals surface area contributed by atoms with Crippen LogP contribution in [0, 0.1) is 5.92 Å². The molecular weight excluding hydrogens is 110 g/mol. The highest BCUT2D eigenvalue weighted by Gasteiger charge is 1.97. The van der Waals surface area contributed by atoms with Gasteiger partial charge in [-0.15, -0.1) is 0 Å². The molecule has 0 saturated carbocycles. The topological polar surface area (TPSA) is 26.0 Å². The Hall–Kier alpha value is -0.560. The number of rotatable bonds is 4. The largest absolute Gasteiger partial charge is 0.330 e. The normalized spacial score (nSPS) is 12.7. The quantitative estimate of drug-likeness (QED) is 0.569. The van der Waals surface area contributed by atoms with Crippen LogP contribution < -0.4 is 5.73 Å². The second-order valence-electron chi connectivity index (χ2n) is 2.41. The highest BCUT2D eigenvalue weighted by molar-refractivity contribution is 5.11. The summed E-state index contributed by atoms with van der Waals surface area (Å²) in [6.07, 6.45) is 2.76. The van der Waals surface area contributed by atoms with Crippen molar-refractivity contribution >= 4 is 0 Å². The van der Waals surface area contributed by atoms with Gasteiger partial charge >= 0.3 is 0 Å². The predicted octanol–water partition coefficient (Wildman–Crippen LogP) is 1.71. The summed E-state index contributed by atoms with van der Waals surface area (Å²) >= 11 is 0. The molecule has 0 saturated heterocycles. The van der Waals surface area contributed by atoms with Crippen LogP contribution in [0.1, 0.15) is 13.3 Å². The summed E-state index contributed by atoms with van der Waals surface area (Å²) < 4.78 is 0. The van der Waals surface area contributed by atoms with E-state index in [1.165, 1.54) is 0 Å². The summed E-state index contributed by atoms with van der Waals surface area (Å²) in [6.45, 7) is 10.2. The van der Waals surface area contributed by atoms with Gasteiger partial charge in [0.15, 0.2) is 0 Å². The monoisotopic (exact) mass is 125 g/mol. The lowest BCUT2D eigenvalue weighted by molar-refractivity contribution is 0.596. The van der Waals surface area contributed by atoms with Gasteiger partial charge in [-0.2, -0.15) is 0 Å². The molecular formula is C8H15N. The van der Waals surface area contributed by atoms with Crippen LogP contribution in [-0.2, 0) is 0 Å². The molecule has 9 heavy (non-hydrogen) atoms. The molecule has 0 amide bonds. The minimum atomic E-state index is 0.537. The zero-order valence-corrected chi connectivity index (χ0v) is 6.06. The Kier molecular flexibility index (Phi) is 4.06. The summed E-state index contributed by atoms with van der Waals surface area (Å²) in [5.74, 6) is 0.537.